The molecule has 1 aliphatic carbocycles. The number of benzene rings is 1. The Kier molecular flexibility index (Phi) is 6.59. The average Bonchev–Trinajstić information content (AvgIpc) is 2.91. The first-order chi connectivity index (χ1) is 12.5. The zero-order valence-corrected chi connectivity index (χ0v) is 16.9. The maximum atomic E-state index is 12.9. The molecule has 2 fully saturated rings. The zero-order chi connectivity index (χ0) is 18.6. The highest BCUT2D eigenvalue weighted by Gasteiger charge is 2.31. The second kappa shape index (κ2) is 8.72. The Labute approximate surface area is 158 Å². The molecule has 1 aliphatic heterocycles. The smallest absolute Gasteiger partial charge is 0.243 e. The molecule has 0 radical (unpaired) electrons. The number of piperazine rings is 1. The Morgan fingerprint density at radius 3 is 2.04 bits per heavy atom. The number of rotatable bonds is 5. The van der Waals surface area contributed by atoms with Gasteiger partial charge in [-0.05, 0) is 51.0 Å². The van der Waals surface area contributed by atoms with Gasteiger partial charge in [-0.3, -0.25) is 4.90 Å². The van der Waals surface area contributed by atoms with Crippen LogP contribution < -0.4 is 4.74 Å². The normalized spacial score (nSPS) is 21.7. The summed E-state index contributed by atoms with van der Waals surface area (Å²) in [6.07, 6.45) is 7.94. The molecule has 0 spiro atoms. The lowest BCUT2D eigenvalue weighted by molar-refractivity contribution is 0.126. The van der Waals surface area contributed by atoms with E-state index in [9.17, 15) is 8.42 Å². The molecular weight excluding hydrogens is 348 g/mol. The van der Waals surface area contributed by atoms with E-state index in [1.54, 1.807) is 28.6 Å². The highest BCUT2D eigenvalue weighted by atomic mass is 32.2. The highest BCUT2D eigenvalue weighted by Crippen LogP contribution is 2.25. The summed E-state index contributed by atoms with van der Waals surface area (Å²) in [5.41, 5.74) is 0. The van der Waals surface area contributed by atoms with Crippen LogP contribution in [0.3, 0.4) is 0 Å². The molecule has 3 rings (SSSR count). The van der Waals surface area contributed by atoms with Crippen molar-refractivity contribution in [3.8, 4) is 5.75 Å². The molecule has 0 amide bonds. The van der Waals surface area contributed by atoms with Crippen LogP contribution in [0.1, 0.15) is 52.4 Å². The van der Waals surface area contributed by atoms with Crippen LogP contribution in [0.15, 0.2) is 29.2 Å². The van der Waals surface area contributed by atoms with Gasteiger partial charge in [0.15, 0.2) is 0 Å². The molecule has 146 valence electrons. The molecule has 5 nitrogen and oxygen atoms in total. The fraction of sp³-hybridized carbons (Fsp3) is 0.700. The van der Waals surface area contributed by atoms with E-state index in [0.717, 1.165) is 13.1 Å². The van der Waals surface area contributed by atoms with Crippen molar-refractivity contribution >= 4 is 10.0 Å². The van der Waals surface area contributed by atoms with Gasteiger partial charge in [0.2, 0.25) is 10.0 Å². The first-order valence-electron chi connectivity index (χ1n) is 9.98. The van der Waals surface area contributed by atoms with Crippen molar-refractivity contribution in [2.75, 3.05) is 26.2 Å². The van der Waals surface area contributed by atoms with Crippen LogP contribution in [-0.2, 0) is 10.0 Å². The first-order valence-corrected chi connectivity index (χ1v) is 11.4. The Balaban J connectivity index is 1.60. The second-order valence-electron chi connectivity index (χ2n) is 7.72. The number of sulfonamides is 1. The lowest BCUT2D eigenvalue weighted by Gasteiger charge is -2.38. The van der Waals surface area contributed by atoms with E-state index >= 15 is 0 Å². The summed E-state index contributed by atoms with van der Waals surface area (Å²) in [7, 11) is -3.42. The van der Waals surface area contributed by atoms with Crippen LogP contribution in [0.5, 0.6) is 5.75 Å². The molecule has 0 N–H and O–H groups in total. The van der Waals surface area contributed by atoms with Gasteiger partial charge >= 0.3 is 0 Å². The molecule has 26 heavy (non-hydrogen) atoms. The van der Waals surface area contributed by atoms with E-state index in [0.29, 0.717) is 29.8 Å². The van der Waals surface area contributed by atoms with Crippen molar-refractivity contribution in [2.24, 2.45) is 0 Å². The molecular formula is C20H32N2O3S. The predicted molar refractivity (Wildman–Crippen MR) is 104 cm³/mol. The Bertz CT molecular complexity index is 657. The lowest BCUT2D eigenvalue weighted by Crippen LogP contribution is -2.51. The van der Waals surface area contributed by atoms with Crippen molar-refractivity contribution in [1.82, 2.24) is 9.21 Å². The third-order valence-corrected chi connectivity index (χ3v) is 7.36. The summed E-state index contributed by atoms with van der Waals surface area (Å²) in [6.45, 7) is 6.78. The molecule has 0 unspecified atom stereocenters. The van der Waals surface area contributed by atoms with Gasteiger partial charge in [-0.15, -0.1) is 0 Å². The van der Waals surface area contributed by atoms with E-state index in [2.05, 4.69) is 4.90 Å². The minimum absolute atomic E-state index is 0.0783. The Morgan fingerprint density at radius 1 is 0.923 bits per heavy atom. The van der Waals surface area contributed by atoms with E-state index in [-0.39, 0.29) is 6.10 Å². The molecule has 1 aromatic carbocycles. The maximum absolute atomic E-state index is 12.9. The molecule has 0 bridgehead atoms. The summed E-state index contributed by atoms with van der Waals surface area (Å²) in [5, 5.41) is 0. The van der Waals surface area contributed by atoms with Crippen LogP contribution in [0.25, 0.3) is 0 Å². The molecule has 2 aliphatic rings. The van der Waals surface area contributed by atoms with E-state index < -0.39 is 10.0 Å². The fourth-order valence-electron chi connectivity index (χ4n) is 4.04. The van der Waals surface area contributed by atoms with Gasteiger partial charge in [0.1, 0.15) is 5.75 Å². The van der Waals surface area contributed by atoms with Crippen molar-refractivity contribution < 1.29 is 13.2 Å². The van der Waals surface area contributed by atoms with Crippen LogP contribution in [0, 0.1) is 0 Å². The van der Waals surface area contributed by atoms with Crippen LogP contribution in [0.2, 0.25) is 0 Å². The van der Waals surface area contributed by atoms with Crippen LogP contribution >= 0.6 is 0 Å². The predicted octanol–water partition coefficient (Wildman–Crippen LogP) is 3.50. The lowest BCUT2D eigenvalue weighted by atomic mass is 10.1. The molecule has 0 atom stereocenters. The number of nitrogens with zero attached hydrogens (tertiary/aromatic N) is 2. The quantitative estimate of drug-likeness (QED) is 0.734. The number of hydrogen-bond acceptors (Lipinski definition) is 4. The third kappa shape index (κ3) is 4.78. The topological polar surface area (TPSA) is 49.9 Å². The van der Waals surface area contributed by atoms with Crippen molar-refractivity contribution in [1.29, 1.82) is 0 Å². The zero-order valence-electron chi connectivity index (χ0n) is 16.1. The van der Waals surface area contributed by atoms with Crippen LogP contribution in [0.4, 0.5) is 0 Å². The summed E-state index contributed by atoms with van der Waals surface area (Å²) >= 11 is 0. The summed E-state index contributed by atoms with van der Waals surface area (Å²) in [4.78, 5) is 2.87. The van der Waals surface area contributed by atoms with Gasteiger partial charge in [-0.2, -0.15) is 4.31 Å². The number of hydrogen-bond donors (Lipinski definition) is 0. The SMILES string of the molecule is CC(C)Oc1ccc(S(=O)(=O)N2CCN(C3CCCCCC3)CC2)cc1. The Hall–Kier alpha value is -1.11. The van der Waals surface area contributed by atoms with Crippen molar-refractivity contribution in [3.05, 3.63) is 24.3 Å². The molecule has 6 heteroatoms. The summed E-state index contributed by atoms with van der Waals surface area (Å²) in [6, 6.07) is 7.45. The van der Waals surface area contributed by atoms with Gasteiger partial charge in [-0.1, -0.05) is 25.7 Å². The molecule has 1 aromatic rings. The van der Waals surface area contributed by atoms with Gasteiger partial charge in [0.05, 0.1) is 11.0 Å². The second-order valence-corrected chi connectivity index (χ2v) is 9.66. The number of ether oxygens (including phenoxy) is 1. The first kappa shape index (κ1) is 19.6. The average molecular weight is 381 g/mol. The standard InChI is InChI=1S/C20H32N2O3S/c1-17(2)25-19-9-11-20(12-10-19)26(23,24)22-15-13-21(14-16-22)18-7-5-3-4-6-8-18/h9-12,17-18H,3-8,13-16H2,1-2H3. The van der Waals surface area contributed by atoms with Crippen molar-refractivity contribution in [2.45, 2.75) is 69.4 Å². The molecule has 1 saturated carbocycles. The van der Waals surface area contributed by atoms with Gasteiger partial charge in [0.25, 0.3) is 0 Å². The highest BCUT2D eigenvalue weighted by molar-refractivity contribution is 7.89. The summed E-state index contributed by atoms with van der Waals surface area (Å²) < 4.78 is 33.1. The molecule has 1 heterocycles. The van der Waals surface area contributed by atoms with E-state index in [1.165, 1.54) is 38.5 Å². The van der Waals surface area contributed by atoms with Gasteiger partial charge in [-0.25, -0.2) is 8.42 Å². The van der Waals surface area contributed by atoms with Gasteiger partial charge < -0.3 is 4.74 Å². The van der Waals surface area contributed by atoms with E-state index in [1.807, 2.05) is 13.8 Å². The van der Waals surface area contributed by atoms with Crippen LogP contribution in [-0.4, -0.2) is 55.9 Å². The maximum Gasteiger partial charge on any atom is 0.243 e. The van der Waals surface area contributed by atoms with E-state index in [4.69, 9.17) is 4.74 Å². The minimum atomic E-state index is -3.42. The largest absolute Gasteiger partial charge is 0.491 e. The van der Waals surface area contributed by atoms with Gasteiger partial charge in [0, 0.05) is 32.2 Å². The Morgan fingerprint density at radius 2 is 1.50 bits per heavy atom. The molecule has 0 aromatic heterocycles. The van der Waals surface area contributed by atoms with Crippen molar-refractivity contribution in [3.63, 3.8) is 0 Å². The third-order valence-electron chi connectivity index (χ3n) is 5.45. The summed E-state index contributed by atoms with van der Waals surface area (Å²) in [5.74, 6) is 0.706. The monoisotopic (exact) mass is 380 g/mol. The fourth-order valence-corrected chi connectivity index (χ4v) is 5.47. The minimum Gasteiger partial charge on any atom is -0.491 e. The molecule has 1 saturated heterocycles.